The number of amides is 1. The molecule has 0 saturated carbocycles. The highest BCUT2D eigenvalue weighted by Crippen LogP contribution is 2.21. The third-order valence-electron chi connectivity index (χ3n) is 4.63. The maximum Gasteiger partial charge on any atom is 0.410 e. The zero-order valence-corrected chi connectivity index (χ0v) is 15.3. The Morgan fingerprint density at radius 3 is 2.70 bits per heavy atom. The van der Waals surface area contributed by atoms with E-state index in [0.29, 0.717) is 12.0 Å². The fraction of sp³-hybridized carbons (Fsp3) is 0.944. The molecule has 2 saturated heterocycles. The minimum Gasteiger partial charge on any atom is -0.444 e. The number of hydrogen-bond donors (Lipinski definition) is 1. The summed E-state index contributed by atoms with van der Waals surface area (Å²) in [6.45, 7) is 12.5. The first kappa shape index (κ1) is 18.5. The Bertz CT molecular complexity index is 381. The van der Waals surface area contributed by atoms with Gasteiger partial charge in [-0.3, -0.25) is 0 Å². The van der Waals surface area contributed by atoms with Crippen LogP contribution in [-0.2, 0) is 9.47 Å². The van der Waals surface area contributed by atoms with Gasteiger partial charge >= 0.3 is 6.09 Å². The molecule has 23 heavy (non-hydrogen) atoms. The SMILES string of the molecule is CC1CC(CNCC2CCCN(C(=O)OC(C)(C)C)C2)CCO1. The van der Waals surface area contributed by atoms with Crippen LogP contribution in [0.2, 0.25) is 0 Å². The third kappa shape index (κ3) is 6.68. The zero-order chi connectivity index (χ0) is 16.9. The normalized spacial score (nSPS) is 29.4. The monoisotopic (exact) mass is 326 g/mol. The van der Waals surface area contributed by atoms with Gasteiger partial charge in [-0.1, -0.05) is 0 Å². The summed E-state index contributed by atoms with van der Waals surface area (Å²) < 4.78 is 11.1. The smallest absolute Gasteiger partial charge is 0.410 e. The molecule has 5 heteroatoms. The van der Waals surface area contributed by atoms with Gasteiger partial charge in [-0.05, 0) is 78.3 Å². The number of ether oxygens (including phenoxy) is 2. The molecule has 0 aromatic rings. The Morgan fingerprint density at radius 2 is 2.00 bits per heavy atom. The van der Waals surface area contributed by atoms with E-state index < -0.39 is 5.60 Å². The lowest BCUT2D eigenvalue weighted by Gasteiger charge is -2.34. The maximum absolute atomic E-state index is 12.2. The van der Waals surface area contributed by atoms with Crippen molar-refractivity contribution in [1.29, 1.82) is 0 Å². The molecule has 1 amide bonds. The summed E-state index contributed by atoms with van der Waals surface area (Å²) in [4.78, 5) is 14.1. The van der Waals surface area contributed by atoms with Gasteiger partial charge in [-0.15, -0.1) is 0 Å². The van der Waals surface area contributed by atoms with Gasteiger partial charge in [0.1, 0.15) is 5.60 Å². The van der Waals surface area contributed by atoms with E-state index >= 15 is 0 Å². The Balaban J connectivity index is 1.68. The van der Waals surface area contributed by atoms with E-state index in [1.807, 2.05) is 25.7 Å². The van der Waals surface area contributed by atoms with Crippen LogP contribution < -0.4 is 5.32 Å². The van der Waals surface area contributed by atoms with E-state index in [0.717, 1.165) is 58.0 Å². The average molecular weight is 326 g/mol. The summed E-state index contributed by atoms with van der Waals surface area (Å²) in [6.07, 6.45) is 4.80. The van der Waals surface area contributed by atoms with Gasteiger partial charge in [0, 0.05) is 19.7 Å². The molecule has 5 nitrogen and oxygen atoms in total. The number of nitrogens with zero attached hydrogens (tertiary/aromatic N) is 1. The topological polar surface area (TPSA) is 50.8 Å². The van der Waals surface area contributed by atoms with Crippen LogP contribution in [0, 0.1) is 11.8 Å². The third-order valence-corrected chi connectivity index (χ3v) is 4.63. The van der Waals surface area contributed by atoms with Crippen LogP contribution in [0.4, 0.5) is 4.79 Å². The minimum absolute atomic E-state index is 0.166. The van der Waals surface area contributed by atoms with Crippen LogP contribution >= 0.6 is 0 Å². The molecule has 0 bridgehead atoms. The molecule has 0 aromatic carbocycles. The van der Waals surface area contributed by atoms with E-state index in [4.69, 9.17) is 9.47 Å². The lowest BCUT2D eigenvalue weighted by atomic mass is 9.95. The number of carbonyl (C=O) groups is 1. The van der Waals surface area contributed by atoms with Crippen LogP contribution in [0.1, 0.15) is 53.4 Å². The Hall–Kier alpha value is -0.810. The molecule has 2 aliphatic heterocycles. The average Bonchev–Trinajstić information content (AvgIpc) is 2.46. The van der Waals surface area contributed by atoms with E-state index in [9.17, 15) is 4.79 Å². The summed E-state index contributed by atoms with van der Waals surface area (Å²) >= 11 is 0. The molecule has 0 aliphatic carbocycles. The molecular weight excluding hydrogens is 292 g/mol. The highest BCUT2D eigenvalue weighted by Gasteiger charge is 2.27. The summed E-state index contributed by atoms with van der Waals surface area (Å²) in [5, 5.41) is 3.62. The molecule has 0 spiro atoms. The van der Waals surface area contributed by atoms with Crippen molar-refractivity contribution in [1.82, 2.24) is 10.2 Å². The Kier molecular flexibility index (Phi) is 6.72. The van der Waals surface area contributed by atoms with E-state index in [-0.39, 0.29) is 6.09 Å². The van der Waals surface area contributed by atoms with Gasteiger partial charge in [0.15, 0.2) is 0 Å². The van der Waals surface area contributed by atoms with Gasteiger partial charge in [0.25, 0.3) is 0 Å². The quantitative estimate of drug-likeness (QED) is 0.863. The first-order valence-corrected chi connectivity index (χ1v) is 9.14. The molecule has 1 N–H and O–H groups in total. The van der Waals surface area contributed by atoms with Crippen molar-refractivity contribution in [2.45, 2.75) is 65.1 Å². The van der Waals surface area contributed by atoms with Crippen molar-refractivity contribution >= 4 is 6.09 Å². The van der Waals surface area contributed by atoms with Crippen molar-refractivity contribution in [2.75, 3.05) is 32.8 Å². The summed E-state index contributed by atoms with van der Waals surface area (Å²) in [5.74, 6) is 1.26. The fourth-order valence-corrected chi connectivity index (χ4v) is 3.49. The second-order valence-corrected chi connectivity index (χ2v) is 8.16. The van der Waals surface area contributed by atoms with E-state index in [1.54, 1.807) is 0 Å². The van der Waals surface area contributed by atoms with E-state index in [1.165, 1.54) is 6.42 Å². The van der Waals surface area contributed by atoms with Crippen molar-refractivity contribution in [3.8, 4) is 0 Å². The number of hydrogen-bond acceptors (Lipinski definition) is 4. The molecule has 2 fully saturated rings. The molecule has 3 unspecified atom stereocenters. The highest BCUT2D eigenvalue weighted by atomic mass is 16.6. The number of likely N-dealkylation sites (tertiary alicyclic amines) is 1. The summed E-state index contributed by atoms with van der Waals surface area (Å²) in [6, 6.07) is 0. The molecule has 2 aliphatic rings. The number of piperidine rings is 1. The van der Waals surface area contributed by atoms with Crippen LogP contribution in [0.5, 0.6) is 0 Å². The number of carbonyl (C=O) groups excluding carboxylic acids is 1. The molecule has 2 rings (SSSR count). The van der Waals surface area contributed by atoms with Gasteiger partial charge < -0.3 is 19.7 Å². The second kappa shape index (κ2) is 8.34. The van der Waals surface area contributed by atoms with Crippen LogP contribution in [0.15, 0.2) is 0 Å². The van der Waals surface area contributed by atoms with Gasteiger partial charge in [-0.25, -0.2) is 4.79 Å². The molecule has 134 valence electrons. The first-order valence-electron chi connectivity index (χ1n) is 9.14. The van der Waals surface area contributed by atoms with Crippen molar-refractivity contribution in [3.05, 3.63) is 0 Å². The standard InChI is InChI=1S/C18H34N2O3/c1-14-10-15(7-9-22-14)11-19-12-16-6-5-8-20(13-16)17(21)23-18(2,3)4/h14-16,19H,5-13H2,1-4H3. The summed E-state index contributed by atoms with van der Waals surface area (Å²) in [7, 11) is 0. The minimum atomic E-state index is -0.415. The van der Waals surface area contributed by atoms with Gasteiger partial charge in [-0.2, -0.15) is 0 Å². The lowest BCUT2D eigenvalue weighted by molar-refractivity contribution is 0.00209. The Morgan fingerprint density at radius 1 is 1.26 bits per heavy atom. The molecule has 2 heterocycles. The van der Waals surface area contributed by atoms with E-state index in [2.05, 4.69) is 12.2 Å². The zero-order valence-electron chi connectivity index (χ0n) is 15.3. The van der Waals surface area contributed by atoms with Crippen molar-refractivity contribution in [3.63, 3.8) is 0 Å². The summed E-state index contributed by atoms with van der Waals surface area (Å²) in [5.41, 5.74) is -0.415. The fourth-order valence-electron chi connectivity index (χ4n) is 3.49. The predicted octanol–water partition coefficient (Wildman–Crippen LogP) is 3.04. The molecule has 0 aromatic heterocycles. The second-order valence-electron chi connectivity index (χ2n) is 8.16. The van der Waals surface area contributed by atoms with Gasteiger partial charge in [0.2, 0.25) is 0 Å². The van der Waals surface area contributed by atoms with Gasteiger partial charge in [0.05, 0.1) is 6.10 Å². The van der Waals surface area contributed by atoms with Crippen molar-refractivity contribution < 1.29 is 14.3 Å². The molecule has 0 radical (unpaired) electrons. The predicted molar refractivity (Wildman–Crippen MR) is 91.5 cm³/mol. The number of rotatable bonds is 4. The largest absolute Gasteiger partial charge is 0.444 e. The molecular formula is C18H34N2O3. The van der Waals surface area contributed by atoms with Crippen LogP contribution in [0.3, 0.4) is 0 Å². The maximum atomic E-state index is 12.2. The Labute approximate surface area is 141 Å². The highest BCUT2D eigenvalue weighted by molar-refractivity contribution is 5.68. The first-order chi connectivity index (χ1) is 10.8. The lowest BCUT2D eigenvalue weighted by Crippen LogP contribution is -2.45. The number of nitrogens with one attached hydrogen (secondary N) is 1. The van der Waals surface area contributed by atoms with Crippen molar-refractivity contribution in [2.24, 2.45) is 11.8 Å². The van der Waals surface area contributed by atoms with Crippen LogP contribution in [-0.4, -0.2) is 55.5 Å². The molecule has 3 atom stereocenters. The van der Waals surface area contributed by atoms with Crippen LogP contribution in [0.25, 0.3) is 0 Å².